The van der Waals surface area contributed by atoms with Crippen molar-refractivity contribution in [1.29, 1.82) is 0 Å². The monoisotopic (exact) mass is 230 g/mol. The van der Waals surface area contributed by atoms with E-state index in [9.17, 15) is 0 Å². The third-order valence-corrected chi connectivity index (χ3v) is 4.20. The second-order valence-corrected chi connectivity index (χ2v) is 5.99. The zero-order valence-corrected chi connectivity index (χ0v) is 11.3. The maximum atomic E-state index is 3.55. The Morgan fingerprint density at radius 2 is 2.27 bits per heavy atom. The molecule has 15 heavy (non-hydrogen) atoms. The Bertz CT molecular complexity index is 164. The van der Waals surface area contributed by atoms with Gasteiger partial charge in [0.15, 0.2) is 0 Å². The molecule has 0 aromatic carbocycles. The Morgan fingerprint density at radius 1 is 1.47 bits per heavy atom. The van der Waals surface area contributed by atoms with E-state index in [0.717, 1.165) is 17.8 Å². The SMILES string of the molecule is CCCNCC(CC)N1CCSC(C)C1. The van der Waals surface area contributed by atoms with Crippen molar-refractivity contribution < 1.29 is 0 Å². The molecule has 90 valence electrons. The molecule has 0 bridgehead atoms. The lowest BCUT2D eigenvalue weighted by Gasteiger charge is -2.36. The van der Waals surface area contributed by atoms with Gasteiger partial charge in [0.2, 0.25) is 0 Å². The predicted molar refractivity (Wildman–Crippen MR) is 70.7 cm³/mol. The van der Waals surface area contributed by atoms with Gasteiger partial charge in [-0.2, -0.15) is 11.8 Å². The second kappa shape index (κ2) is 7.53. The molecule has 1 aliphatic heterocycles. The maximum absolute atomic E-state index is 3.55. The summed E-state index contributed by atoms with van der Waals surface area (Å²) in [6, 6.07) is 0.750. The van der Waals surface area contributed by atoms with Crippen molar-refractivity contribution >= 4 is 11.8 Å². The van der Waals surface area contributed by atoms with Crippen molar-refractivity contribution in [2.24, 2.45) is 0 Å². The molecule has 1 saturated heterocycles. The molecule has 1 rings (SSSR count). The van der Waals surface area contributed by atoms with Crippen molar-refractivity contribution in [3.8, 4) is 0 Å². The van der Waals surface area contributed by atoms with E-state index in [1.165, 1.54) is 38.2 Å². The zero-order chi connectivity index (χ0) is 11.1. The Balaban J connectivity index is 2.29. The van der Waals surface area contributed by atoms with Crippen LogP contribution in [-0.4, -0.2) is 48.1 Å². The van der Waals surface area contributed by atoms with Crippen LogP contribution in [-0.2, 0) is 0 Å². The van der Waals surface area contributed by atoms with Crippen molar-refractivity contribution in [3.63, 3.8) is 0 Å². The van der Waals surface area contributed by atoms with E-state index in [2.05, 4.69) is 42.7 Å². The van der Waals surface area contributed by atoms with Gasteiger partial charge in [-0.25, -0.2) is 0 Å². The topological polar surface area (TPSA) is 15.3 Å². The first-order chi connectivity index (χ1) is 7.27. The van der Waals surface area contributed by atoms with Gasteiger partial charge in [0, 0.05) is 36.7 Å². The average molecular weight is 230 g/mol. The highest BCUT2D eigenvalue weighted by Gasteiger charge is 2.22. The molecular formula is C12H26N2S. The van der Waals surface area contributed by atoms with E-state index in [0.29, 0.717) is 0 Å². The lowest BCUT2D eigenvalue weighted by Crippen LogP contribution is -2.47. The van der Waals surface area contributed by atoms with Gasteiger partial charge in [-0.05, 0) is 19.4 Å². The molecule has 2 nitrogen and oxygen atoms in total. The normalized spacial score (nSPS) is 25.4. The average Bonchev–Trinajstić information content (AvgIpc) is 2.24. The highest BCUT2D eigenvalue weighted by atomic mass is 32.2. The summed E-state index contributed by atoms with van der Waals surface area (Å²) >= 11 is 2.12. The van der Waals surface area contributed by atoms with Crippen LogP contribution >= 0.6 is 11.8 Å². The highest BCUT2D eigenvalue weighted by molar-refractivity contribution is 7.99. The van der Waals surface area contributed by atoms with Gasteiger partial charge in [-0.1, -0.05) is 20.8 Å². The Morgan fingerprint density at radius 3 is 2.87 bits per heavy atom. The van der Waals surface area contributed by atoms with Crippen LogP contribution in [0.3, 0.4) is 0 Å². The summed E-state index contributed by atoms with van der Waals surface area (Å²) in [6.45, 7) is 11.8. The second-order valence-electron chi connectivity index (χ2n) is 4.44. The first-order valence-electron chi connectivity index (χ1n) is 6.34. The summed E-state index contributed by atoms with van der Waals surface area (Å²) < 4.78 is 0. The van der Waals surface area contributed by atoms with Crippen LogP contribution in [0.15, 0.2) is 0 Å². The summed E-state index contributed by atoms with van der Waals surface area (Å²) in [5.41, 5.74) is 0. The lowest BCUT2D eigenvalue weighted by molar-refractivity contribution is 0.195. The van der Waals surface area contributed by atoms with Crippen molar-refractivity contribution in [2.75, 3.05) is 31.9 Å². The molecule has 0 spiro atoms. The van der Waals surface area contributed by atoms with Crippen LogP contribution in [0.25, 0.3) is 0 Å². The minimum absolute atomic E-state index is 0.750. The van der Waals surface area contributed by atoms with Crippen molar-refractivity contribution in [3.05, 3.63) is 0 Å². The number of hydrogen-bond acceptors (Lipinski definition) is 3. The summed E-state index contributed by atoms with van der Waals surface area (Å²) in [5.74, 6) is 1.31. The largest absolute Gasteiger partial charge is 0.315 e. The number of rotatable bonds is 6. The van der Waals surface area contributed by atoms with E-state index in [1.807, 2.05) is 0 Å². The van der Waals surface area contributed by atoms with Crippen LogP contribution in [0.2, 0.25) is 0 Å². The summed E-state index contributed by atoms with van der Waals surface area (Å²) in [4.78, 5) is 2.67. The van der Waals surface area contributed by atoms with Crippen LogP contribution < -0.4 is 5.32 Å². The quantitative estimate of drug-likeness (QED) is 0.704. The summed E-state index contributed by atoms with van der Waals surface area (Å²) in [5, 5.41) is 4.37. The van der Waals surface area contributed by atoms with Gasteiger partial charge in [-0.3, -0.25) is 4.90 Å². The third-order valence-electron chi connectivity index (χ3n) is 3.07. The number of nitrogens with zero attached hydrogens (tertiary/aromatic N) is 1. The Kier molecular flexibility index (Phi) is 6.69. The molecule has 0 aliphatic carbocycles. The van der Waals surface area contributed by atoms with Crippen LogP contribution in [0.4, 0.5) is 0 Å². The van der Waals surface area contributed by atoms with Crippen molar-refractivity contribution in [1.82, 2.24) is 10.2 Å². The molecule has 0 amide bonds. The van der Waals surface area contributed by atoms with E-state index in [-0.39, 0.29) is 0 Å². The van der Waals surface area contributed by atoms with Gasteiger partial charge >= 0.3 is 0 Å². The molecule has 0 aromatic heterocycles. The third kappa shape index (κ3) is 4.75. The summed E-state index contributed by atoms with van der Waals surface area (Å²) in [7, 11) is 0. The first kappa shape index (κ1) is 13.3. The minimum atomic E-state index is 0.750. The maximum Gasteiger partial charge on any atom is 0.0218 e. The molecule has 1 heterocycles. The van der Waals surface area contributed by atoms with Gasteiger partial charge in [0.25, 0.3) is 0 Å². The fourth-order valence-corrected chi connectivity index (χ4v) is 3.19. The summed E-state index contributed by atoms with van der Waals surface area (Å²) in [6.07, 6.45) is 2.51. The highest BCUT2D eigenvalue weighted by Crippen LogP contribution is 2.20. The van der Waals surface area contributed by atoms with Gasteiger partial charge in [0.1, 0.15) is 0 Å². The zero-order valence-electron chi connectivity index (χ0n) is 10.5. The molecule has 0 saturated carbocycles. The van der Waals surface area contributed by atoms with E-state index in [4.69, 9.17) is 0 Å². The molecule has 3 heteroatoms. The van der Waals surface area contributed by atoms with Crippen molar-refractivity contribution in [2.45, 2.75) is 44.9 Å². The van der Waals surface area contributed by atoms with E-state index >= 15 is 0 Å². The van der Waals surface area contributed by atoms with E-state index in [1.54, 1.807) is 0 Å². The van der Waals surface area contributed by atoms with Gasteiger partial charge < -0.3 is 5.32 Å². The lowest BCUT2D eigenvalue weighted by atomic mass is 10.1. The van der Waals surface area contributed by atoms with Crippen LogP contribution in [0.5, 0.6) is 0 Å². The van der Waals surface area contributed by atoms with Crippen LogP contribution in [0, 0.1) is 0 Å². The Labute approximate surface area is 99.2 Å². The number of nitrogens with one attached hydrogen (secondary N) is 1. The molecule has 1 aliphatic rings. The Hall–Kier alpha value is 0.270. The molecular weight excluding hydrogens is 204 g/mol. The minimum Gasteiger partial charge on any atom is -0.315 e. The standard InChI is InChI=1S/C12H26N2S/c1-4-6-13-9-12(5-2)14-7-8-15-11(3)10-14/h11-13H,4-10H2,1-3H3. The molecule has 1 N–H and O–H groups in total. The predicted octanol–water partition coefficient (Wildman–Crippen LogP) is 2.20. The molecule has 0 radical (unpaired) electrons. The molecule has 2 unspecified atom stereocenters. The fourth-order valence-electron chi connectivity index (χ4n) is 2.15. The number of hydrogen-bond donors (Lipinski definition) is 1. The molecule has 0 aromatic rings. The molecule has 1 fully saturated rings. The molecule has 2 atom stereocenters. The van der Waals surface area contributed by atoms with Crippen LogP contribution in [0.1, 0.15) is 33.6 Å². The van der Waals surface area contributed by atoms with Gasteiger partial charge in [-0.15, -0.1) is 0 Å². The van der Waals surface area contributed by atoms with Gasteiger partial charge in [0.05, 0.1) is 0 Å². The van der Waals surface area contributed by atoms with E-state index < -0.39 is 0 Å². The fraction of sp³-hybridized carbons (Fsp3) is 1.00. The smallest absolute Gasteiger partial charge is 0.0218 e. The first-order valence-corrected chi connectivity index (χ1v) is 7.39. The number of thioether (sulfide) groups is 1.